The van der Waals surface area contributed by atoms with Crippen molar-refractivity contribution in [2.45, 2.75) is 142 Å². The first-order valence-electron chi connectivity index (χ1n) is 16.4. The molecule has 240 valence electrons. The molecule has 0 unspecified atom stereocenters. The summed E-state index contributed by atoms with van der Waals surface area (Å²) in [5, 5.41) is 2.65. The van der Waals surface area contributed by atoms with Crippen molar-refractivity contribution in [1.29, 1.82) is 0 Å². The number of carbonyl (C=O) groups excluding carboxylic acids is 3. The first-order chi connectivity index (χ1) is 20.5. The summed E-state index contributed by atoms with van der Waals surface area (Å²) in [4.78, 5) is 38.2. The lowest BCUT2D eigenvalue weighted by molar-refractivity contribution is -0.178. The maximum atomic E-state index is 12.7. The van der Waals surface area contributed by atoms with Crippen LogP contribution in [0.5, 0.6) is 0 Å². The summed E-state index contributed by atoms with van der Waals surface area (Å²) < 4.78 is 21.4. The number of unbranched alkanes of at least 4 members (excludes halogenated alkanes) is 14. The number of ether oxygens (including phenoxy) is 4. The van der Waals surface area contributed by atoms with Crippen molar-refractivity contribution in [3.63, 3.8) is 0 Å². The van der Waals surface area contributed by atoms with Gasteiger partial charge >= 0.3 is 11.9 Å². The highest BCUT2D eigenvalue weighted by molar-refractivity contribution is 5.90. The summed E-state index contributed by atoms with van der Waals surface area (Å²) in [7, 11) is 0. The molecule has 0 saturated heterocycles. The van der Waals surface area contributed by atoms with Gasteiger partial charge in [0.15, 0.2) is 12.1 Å². The molecule has 0 spiro atoms. The number of esters is 2. The number of nitrogens with one attached hydrogen (secondary N) is 1. The van der Waals surface area contributed by atoms with Gasteiger partial charge in [-0.05, 0) is 25.8 Å². The van der Waals surface area contributed by atoms with Gasteiger partial charge < -0.3 is 24.3 Å². The molecule has 1 N–H and O–H groups in total. The third kappa shape index (κ3) is 18.9. The van der Waals surface area contributed by atoms with Crippen molar-refractivity contribution < 1.29 is 33.3 Å². The molecule has 8 nitrogen and oxygen atoms in total. The van der Waals surface area contributed by atoms with Gasteiger partial charge in [0.1, 0.15) is 6.79 Å². The Balaban J connectivity index is 2.37. The van der Waals surface area contributed by atoms with Crippen molar-refractivity contribution in [3.8, 4) is 0 Å². The topological polar surface area (TPSA) is 100 Å². The highest BCUT2D eigenvalue weighted by Crippen LogP contribution is 2.14. The summed E-state index contributed by atoms with van der Waals surface area (Å²) in [5.41, 5.74) is 0.938. The minimum Gasteiger partial charge on any atom is -0.464 e. The fourth-order valence-electron chi connectivity index (χ4n) is 4.77. The van der Waals surface area contributed by atoms with E-state index in [-0.39, 0.29) is 38.9 Å². The first-order valence-corrected chi connectivity index (χ1v) is 16.4. The van der Waals surface area contributed by atoms with Gasteiger partial charge in [-0.2, -0.15) is 0 Å². The lowest BCUT2D eigenvalue weighted by Crippen LogP contribution is -2.54. The normalized spacial score (nSPS) is 12.5. The van der Waals surface area contributed by atoms with Crippen LogP contribution in [0.3, 0.4) is 0 Å². The van der Waals surface area contributed by atoms with Gasteiger partial charge in [-0.3, -0.25) is 4.79 Å². The van der Waals surface area contributed by atoms with E-state index in [0.29, 0.717) is 6.42 Å². The van der Waals surface area contributed by atoms with Gasteiger partial charge in [0, 0.05) is 6.42 Å². The Morgan fingerprint density at radius 2 is 1.17 bits per heavy atom. The van der Waals surface area contributed by atoms with E-state index >= 15 is 0 Å². The van der Waals surface area contributed by atoms with Gasteiger partial charge in [0.25, 0.3) is 0 Å². The molecule has 0 heterocycles. The van der Waals surface area contributed by atoms with Crippen LogP contribution in [0.2, 0.25) is 0 Å². The van der Waals surface area contributed by atoms with Crippen LogP contribution in [0.25, 0.3) is 0 Å². The maximum absolute atomic E-state index is 12.7. The summed E-state index contributed by atoms with van der Waals surface area (Å²) >= 11 is 0. The lowest BCUT2D eigenvalue weighted by Gasteiger charge is -2.25. The second kappa shape index (κ2) is 26.2. The predicted octanol–water partition coefficient (Wildman–Crippen LogP) is 7.42. The highest BCUT2D eigenvalue weighted by Gasteiger charge is 2.38. The van der Waals surface area contributed by atoms with Crippen molar-refractivity contribution >= 4 is 17.8 Å². The summed E-state index contributed by atoms with van der Waals surface area (Å²) in [6.07, 6.45) is 17.5. The maximum Gasteiger partial charge on any atom is 0.338 e. The Morgan fingerprint density at radius 3 is 1.69 bits per heavy atom. The molecule has 0 aliphatic carbocycles. The van der Waals surface area contributed by atoms with Crippen LogP contribution in [0.4, 0.5) is 0 Å². The van der Waals surface area contributed by atoms with Crippen LogP contribution in [0.1, 0.15) is 129 Å². The number of carbonyl (C=O) groups is 3. The van der Waals surface area contributed by atoms with Crippen molar-refractivity contribution in [2.75, 3.05) is 20.0 Å². The highest BCUT2D eigenvalue weighted by atomic mass is 16.7. The molecule has 0 saturated carbocycles. The number of amides is 1. The molecule has 2 atom stereocenters. The molecule has 0 aliphatic heterocycles. The van der Waals surface area contributed by atoms with Crippen LogP contribution in [0, 0.1) is 0 Å². The summed E-state index contributed by atoms with van der Waals surface area (Å²) in [6, 6.07) is 8.18. The summed E-state index contributed by atoms with van der Waals surface area (Å²) in [6.45, 7) is 5.80. The zero-order valence-electron chi connectivity index (χ0n) is 26.5. The van der Waals surface area contributed by atoms with Crippen LogP contribution < -0.4 is 5.32 Å². The number of hydrogen-bond acceptors (Lipinski definition) is 7. The van der Waals surface area contributed by atoms with Gasteiger partial charge in [-0.15, -0.1) is 0 Å². The Bertz CT molecular complexity index is 817. The lowest BCUT2D eigenvalue weighted by atomic mass is 10.0. The smallest absolute Gasteiger partial charge is 0.338 e. The van der Waals surface area contributed by atoms with E-state index in [2.05, 4.69) is 12.2 Å². The molecule has 8 heteroatoms. The third-order valence-electron chi connectivity index (χ3n) is 7.13. The van der Waals surface area contributed by atoms with Crippen molar-refractivity contribution in [2.24, 2.45) is 0 Å². The van der Waals surface area contributed by atoms with Crippen LogP contribution >= 0.6 is 0 Å². The molecular formula is C34H57NO7. The fraction of sp³-hybridized carbons (Fsp3) is 0.735. The van der Waals surface area contributed by atoms with E-state index in [9.17, 15) is 14.4 Å². The van der Waals surface area contributed by atoms with E-state index < -0.39 is 24.1 Å². The van der Waals surface area contributed by atoms with Crippen LogP contribution in [0.15, 0.2) is 30.3 Å². The van der Waals surface area contributed by atoms with Gasteiger partial charge in [-0.1, -0.05) is 127 Å². The zero-order chi connectivity index (χ0) is 30.7. The molecule has 1 aromatic carbocycles. The van der Waals surface area contributed by atoms with E-state index in [1.54, 1.807) is 13.8 Å². The Kier molecular flexibility index (Phi) is 23.4. The molecule has 0 bridgehead atoms. The molecule has 0 fully saturated rings. The molecule has 42 heavy (non-hydrogen) atoms. The minimum absolute atomic E-state index is 0.101. The second-order valence-corrected chi connectivity index (χ2v) is 10.8. The van der Waals surface area contributed by atoms with E-state index in [4.69, 9.17) is 18.9 Å². The van der Waals surface area contributed by atoms with E-state index in [1.165, 1.54) is 77.0 Å². The molecule has 0 radical (unpaired) electrons. The van der Waals surface area contributed by atoms with Crippen molar-refractivity contribution in [3.05, 3.63) is 35.9 Å². The van der Waals surface area contributed by atoms with Gasteiger partial charge in [-0.25, -0.2) is 9.59 Å². The summed E-state index contributed by atoms with van der Waals surface area (Å²) in [5.74, 6) is -1.83. The predicted molar refractivity (Wildman–Crippen MR) is 166 cm³/mol. The monoisotopic (exact) mass is 591 g/mol. The molecular weight excluding hydrogens is 534 g/mol. The zero-order valence-corrected chi connectivity index (χ0v) is 26.5. The Hall–Kier alpha value is -2.45. The largest absolute Gasteiger partial charge is 0.464 e. The van der Waals surface area contributed by atoms with Gasteiger partial charge in [0.05, 0.1) is 19.8 Å². The molecule has 0 aliphatic rings. The quantitative estimate of drug-likeness (QED) is 0.0645. The third-order valence-corrected chi connectivity index (χ3v) is 7.13. The van der Waals surface area contributed by atoms with Crippen LogP contribution in [-0.2, 0) is 39.9 Å². The SMILES string of the molecule is CCCCCCCCCCCCCCCCCC(=O)N[C@@H](C(=O)OCC)[C@H](OCOCc1ccccc1)C(=O)OCC. The number of hydrogen-bond donors (Lipinski definition) is 1. The minimum atomic E-state index is -1.38. The van der Waals surface area contributed by atoms with Gasteiger partial charge in [0.2, 0.25) is 5.91 Å². The molecule has 1 amide bonds. The standard InChI is InChI=1S/C34H57NO7/c1-4-7-8-9-10-11-12-13-14-15-16-17-18-19-23-26-30(36)35-31(33(37)40-5-2)32(34(38)41-6-3)42-28-39-27-29-24-21-20-22-25-29/h20-22,24-25,31-32H,4-19,23,26-28H2,1-3H3,(H,35,36)/t31-,32+/m1/s1. The van der Waals surface area contributed by atoms with E-state index in [1.807, 2.05) is 30.3 Å². The average molecular weight is 592 g/mol. The fourth-order valence-corrected chi connectivity index (χ4v) is 4.77. The Morgan fingerprint density at radius 1 is 0.667 bits per heavy atom. The Labute approximate surface area is 254 Å². The number of benzene rings is 1. The molecule has 1 rings (SSSR count). The first kappa shape index (κ1) is 37.6. The molecule has 0 aromatic heterocycles. The second-order valence-electron chi connectivity index (χ2n) is 10.8. The number of rotatable bonds is 27. The average Bonchev–Trinajstić information content (AvgIpc) is 2.99. The molecule has 1 aromatic rings. The van der Waals surface area contributed by atoms with E-state index in [0.717, 1.165) is 18.4 Å². The van der Waals surface area contributed by atoms with Crippen molar-refractivity contribution in [1.82, 2.24) is 5.32 Å². The van der Waals surface area contributed by atoms with Crippen LogP contribution in [-0.4, -0.2) is 50.0 Å².